The SMILES string of the molecule is COc1ccc(/C=C/C(O)=C(\CC2CCC2)C(=O)/C=C/c2ccc(CO)c(CO)c2)cc1OC. The normalized spacial score (nSPS) is 14.8. The zero-order chi connectivity index (χ0) is 24.5. The van der Waals surface area contributed by atoms with Crippen molar-refractivity contribution in [3.8, 4) is 11.5 Å². The van der Waals surface area contributed by atoms with Gasteiger partial charge in [0.05, 0.1) is 27.4 Å². The molecule has 1 fully saturated rings. The molecule has 0 heterocycles. The van der Waals surface area contributed by atoms with Gasteiger partial charge in [0.15, 0.2) is 17.3 Å². The van der Waals surface area contributed by atoms with Crippen molar-refractivity contribution in [1.29, 1.82) is 0 Å². The van der Waals surface area contributed by atoms with E-state index in [1.54, 1.807) is 62.8 Å². The molecule has 2 aromatic rings. The van der Waals surface area contributed by atoms with Crippen molar-refractivity contribution in [2.24, 2.45) is 5.92 Å². The number of hydrogen-bond donors (Lipinski definition) is 3. The van der Waals surface area contributed by atoms with E-state index >= 15 is 0 Å². The Balaban J connectivity index is 1.84. The van der Waals surface area contributed by atoms with E-state index in [4.69, 9.17) is 9.47 Å². The van der Waals surface area contributed by atoms with Crippen LogP contribution in [0.15, 0.2) is 59.9 Å². The summed E-state index contributed by atoms with van der Waals surface area (Å²) in [6.45, 7) is -0.354. The molecule has 3 rings (SSSR count). The van der Waals surface area contributed by atoms with Crippen molar-refractivity contribution in [3.05, 3.63) is 82.1 Å². The van der Waals surface area contributed by atoms with Crippen molar-refractivity contribution in [1.82, 2.24) is 0 Å². The third-order valence-corrected chi connectivity index (χ3v) is 6.16. The molecular formula is C28H32O6. The number of methoxy groups -OCH3 is 2. The maximum Gasteiger partial charge on any atom is 0.185 e. The first-order valence-corrected chi connectivity index (χ1v) is 11.4. The maximum atomic E-state index is 13.0. The van der Waals surface area contributed by atoms with Crippen LogP contribution in [0.2, 0.25) is 0 Å². The van der Waals surface area contributed by atoms with Gasteiger partial charge < -0.3 is 24.8 Å². The number of hydrogen-bond acceptors (Lipinski definition) is 6. The van der Waals surface area contributed by atoms with E-state index in [2.05, 4.69) is 0 Å². The van der Waals surface area contributed by atoms with Gasteiger partial charge in [-0.1, -0.05) is 49.6 Å². The zero-order valence-corrected chi connectivity index (χ0v) is 19.7. The van der Waals surface area contributed by atoms with Gasteiger partial charge in [-0.3, -0.25) is 4.79 Å². The average molecular weight is 465 g/mol. The largest absolute Gasteiger partial charge is 0.508 e. The third-order valence-electron chi connectivity index (χ3n) is 6.16. The highest BCUT2D eigenvalue weighted by Gasteiger charge is 2.23. The number of ether oxygens (including phenoxy) is 2. The predicted molar refractivity (Wildman–Crippen MR) is 133 cm³/mol. The second kappa shape index (κ2) is 12.2. The van der Waals surface area contributed by atoms with Crippen LogP contribution in [0.3, 0.4) is 0 Å². The number of rotatable bonds is 11. The molecule has 3 N–H and O–H groups in total. The van der Waals surface area contributed by atoms with E-state index in [1.165, 1.54) is 6.08 Å². The van der Waals surface area contributed by atoms with Crippen molar-refractivity contribution in [2.75, 3.05) is 14.2 Å². The van der Waals surface area contributed by atoms with Gasteiger partial charge in [-0.15, -0.1) is 0 Å². The molecule has 0 spiro atoms. The number of aliphatic hydroxyl groups excluding tert-OH is 3. The molecule has 34 heavy (non-hydrogen) atoms. The lowest BCUT2D eigenvalue weighted by Gasteiger charge is -2.25. The summed E-state index contributed by atoms with van der Waals surface area (Å²) in [6.07, 6.45) is 10.2. The van der Waals surface area contributed by atoms with Crippen LogP contribution in [0.4, 0.5) is 0 Å². The summed E-state index contributed by atoms with van der Waals surface area (Å²) >= 11 is 0. The van der Waals surface area contributed by atoms with Crippen LogP contribution in [-0.4, -0.2) is 35.3 Å². The molecule has 0 aliphatic heterocycles. The number of carbonyl (C=O) groups is 1. The molecule has 6 heteroatoms. The first-order chi connectivity index (χ1) is 16.5. The Morgan fingerprint density at radius 1 is 0.912 bits per heavy atom. The van der Waals surface area contributed by atoms with Gasteiger partial charge in [0.25, 0.3) is 0 Å². The summed E-state index contributed by atoms with van der Waals surface area (Å²) in [5.41, 5.74) is 3.18. The molecule has 0 unspecified atom stereocenters. The quantitative estimate of drug-likeness (QED) is 0.246. The number of allylic oxidation sites excluding steroid dienone is 3. The van der Waals surface area contributed by atoms with Crippen LogP contribution in [0.5, 0.6) is 11.5 Å². The third kappa shape index (κ3) is 6.37. The van der Waals surface area contributed by atoms with Crippen LogP contribution in [-0.2, 0) is 18.0 Å². The summed E-state index contributed by atoms with van der Waals surface area (Å²) in [7, 11) is 3.13. The van der Waals surface area contributed by atoms with E-state index in [1.807, 2.05) is 6.07 Å². The average Bonchev–Trinajstić information content (AvgIpc) is 2.84. The van der Waals surface area contributed by atoms with Gasteiger partial charge in [-0.25, -0.2) is 0 Å². The lowest BCUT2D eigenvalue weighted by molar-refractivity contribution is -0.111. The Labute approximate surface area is 200 Å². The van der Waals surface area contributed by atoms with Gasteiger partial charge in [0.2, 0.25) is 0 Å². The first kappa shape index (κ1) is 25.3. The summed E-state index contributed by atoms with van der Waals surface area (Å²) in [5.74, 6) is 1.29. The van der Waals surface area contributed by atoms with E-state index in [0.29, 0.717) is 40.5 Å². The number of benzene rings is 2. The van der Waals surface area contributed by atoms with Gasteiger partial charge >= 0.3 is 0 Å². The van der Waals surface area contributed by atoms with Crippen LogP contribution in [0, 0.1) is 5.92 Å². The highest BCUT2D eigenvalue weighted by molar-refractivity contribution is 6.07. The van der Waals surface area contributed by atoms with E-state index in [9.17, 15) is 20.1 Å². The molecule has 0 aromatic heterocycles. The molecule has 0 bridgehead atoms. The molecule has 1 aliphatic carbocycles. The fraction of sp³-hybridized carbons (Fsp3) is 0.321. The molecule has 2 aromatic carbocycles. The van der Waals surface area contributed by atoms with Gasteiger partial charge in [0.1, 0.15) is 5.76 Å². The highest BCUT2D eigenvalue weighted by atomic mass is 16.5. The fourth-order valence-electron chi connectivity index (χ4n) is 3.87. The monoisotopic (exact) mass is 464 g/mol. The minimum Gasteiger partial charge on any atom is -0.508 e. The summed E-state index contributed by atoms with van der Waals surface area (Å²) in [6, 6.07) is 10.7. The van der Waals surface area contributed by atoms with Crippen LogP contribution in [0.1, 0.15) is 47.9 Å². The Morgan fingerprint density at radius 2 is 1.56 bits per heavy atom. The minimum atomic E-state index is -0.252. The molecular weight excluding hydrogens is 432 g/mol. The van der Waals surface area contributed by atoms with E-state index < -0.39 is 0 Å². The van der Waals surface area contributed by atoms with Crippen molar-refractivity contribution < 1.29 is 29.6 Å². The van der Waals surface area contributed by atoms with Crippen molar-refractivity contribution in [2.45, 2.75) is 38.9 Å². The molecule has 0 saturated heterocycles. The lowest BCUT2D eigenvalue weighted by atomic mass is 9.79. The lowest BCUT2D eigenvalue weighted by Crippen LogP contribution is -2.15. The second-order valence-electron chi connectivity index (χ2n) is 8.35. The topological polar surface area (TPSA) is 96.2 Å². The fourth-order valence-corrected chi connectivity index (χ4v) is 3.87. The first-order valence-electron chi connectivity index (χ1n) is 11.4. The smallest absolute Gasteiger partial charge is 0.185 e. The summed E-state index contributed by atoms with van der Waals surface area (Å²) in [5, 5.41) is 29.7. The minimum absolute atomic E-state index is 0.0528. The molecule has 0 amide bonds. The van der Waals surface area contributed by atoms with Crippen LogP contribution < -0.4 is 9.47 Å². The van der Waals surface area contributed by atoms with Crippen molar-refractivity contribution >= 4 is 17.9 Å². The Hall–Kier alpha value is -3.35. The Kier molecular flexibility index (Phi) is 9.08. The Bertz CT molecular complexity index is 1090. The second-order valence-corrected chi connectivity index (χ2v) is 8.35. The molecule has 0 atom stereocenters. The standard InChI is InChI=1S/C28H32O6/c1-33-27-13-9-21(16-28(27)34-2)8-12-26(32)24(15-19-4-3-5-19)25(31)11-7-20-6-10-22(17-29)23(14-20)18-30/h6-14,16,19,29-30,32H,3-5,15,17-18H2,1-2H3/b11-7+,12-8+,26-24-. The van der Waals surface area contributed by atoms with E-state index in [-0.39, 0.29) is 24.8 Å². The molecule has 0 radical (unpaired) electrons. The van der Waals surface area contributed by atoms with Gasteiger partial charge in [-0.05, 0) is 64.9 Å². The summed E-state index contributed by atoms with van der Waals surface area (Å²) in [4.78, 5) is 13.0. The highest BCUT2D eigenvalue weighted by Crippen LogP contribution is 2.34. The molecule has 6 nitrogen and oxygen atoms in total. The maximum absolute atomic E-state index is 13.0. The molecule has 1 saturated carbocycles. The van der Waals surface area contributed by atoms with Crippen molar-refractivity contribution in [3.63, 3.8) is 0 Å². The van der Waals surface area contributed by atoms with Gasteiger partial charge in [-0.2, -0.15) is 0 Å². The number of ketones is 1. The predicted octanol–water partition coefficient (Wildman–Crippen LogP) is 4.99. The Morgan fingerprint density at radius 3 is 2.18 bits per heavy atom. The van der Waals surface area contributed by atoms with Crippen LogP contribution in [0.25, 0.3) is 12.2 Å². The molecule has 180 valence electrons. The van der Waals surface area contributed by atoms with E-state index in [0.717, 1.165) is 30.4 Å². The van der Waals surface area contributed by atoms with Gasteiger partial charge in [0, 0.05) is 5.57 Å². The molecule has 1 aliphatic rings. The number of aliphatic hydroxyl groups is 3. The van der Waals surface area contributed by atoms with Crippen LogP contribution >= 0.6 is 0 Å². The summed E-state index contributed by atoms with van der Waals surface area (Å²) < 4.78 is 10.6. The number of carbonyl (C=O) groups excluding carboxylic acids is 1. The zero-order valence-electron chi connectivity index (χ0n) is 19.7.